The Bertz CT molecular complexity index is 2160. The summed E-state index contributed by atoms with van der Waals surface area (Å²) < 4.78 is 8.35. The third-order valence-electron chi connectivity index (χ3n) is 8.06. The van der Waals surface area contributed by atoms with Gasteiger partial charge in [-0.05, 0) is 91.9 Å². The van der Waals surface area contributed by atoms with Gasteiger partial charge in [0.1, 0.15) is 0 Å². The van der Waals surface area contributed by atoms with Crippen molar-refractivity contribution in [3.63, 3.8) is 0 Å². The molecular weight excluding hydrogens is 540 g/mol. The summed E-state index contributed by atoms with van der Waals surface area (Å²) in [7, 11) is 0. The summed E-state index contributed by atoms with van der Waals surface area (Å²) in [4.78, 5) is 2.27. The summed E-state index contributed by atoms with van der Waals surface area (Å²) in [5.74, 6) is 1.00. The van der Waals surface area contributed by atoms with Crippen LogP contribution in [-0.4, -0.2) is 14.8 Å². The Labute approximate surface area is 255 Å². The van der Waals surface area contributed by atoms with Gasteiger partial charge in [0.15, 0.2) is 0 Å². The highest BCUT2D eigenvalue weighted by Gasteiger charge is 2.16. The zero-order chi connectivity index (χ0) is 29.5. The van der Waals surface area contributed by atoms with Crippen molar-refractivity contribution < 1.29 is 4.42 Å². The van der Waals surface area contributed by atoms with E-state index in [4.69, 9.17) is 4.42 Å². The average molecular weight is 569 g/mol. The lowest BCUT2D eigenvalue weighted by Gasteiger charge is -2.26. The van der Waals surface area contributed by atoms with Crippen LogP contribution in [0.2, 0.25) is 0 Å². The van der Waals surface area contributed by atoms with Gasteiger partial charge in [-0.25, -0.2) is 0 Å². The molecule has 0 atom stereocenters. The van der Waals surface area contributed by atoms with Crippen LogP contribution in [0.25, 0.3) is 50.4 Å². The number of hydrogen-bond acceptors (Lipinski definition) is 4. The van der Waals surface area contributed by atoms with Crippen LogP contribution >= 0.6 is 0 Å². The maximum atomic E-state index is 6.01. The summed E-state index contributed by atoms with van der Waals surface area (Å²) in [5.41, 5.74) is 9.68. The van der Waals surface area contributed by atoms with E-state index in [9.17, 15) is 0 Å². The first-order valence-corrected chi connectivity index (χ1v) is 14.7. The highest BCUT2D eigenvalue weighted by Crippen LogP contribution is 2.38. The average Bonchev–Trinajstić information content (AvgIpc) is 3.71. The fraction of sp³-hybridized carbons (Fsp3) is 0.0256. The van der Waals surface area contributed by atoms with Gasteiger partial charge in [-0.3, -0.25) is 0 Å². The number of aryl methyl sites for hydroxylation is 1. The van der Waals surface area contributed by atoms with E-state index < -0.39 is 0 Å². The molecule has 5 heteroatoms. The van der Waals surface area contributed by atoms with Crippen LogP contribution in [-0.2, 0) is 0 Å². The Morgan fingerprint density at radius 3 is 1.50 bits per heavy atom. The molecule has 8 rings (SSSR count). The Balaban J connectivity index is 1.17. The van der Waals surface area contributed by atoms with Crippen LogP contribution in [0, 0.1) is 6.92 Å². The first-order chi connectivity index (χ1) is 21.7. The van der Waals surface area contributed by atoms with Gasteiger partial charge in [-0.1, -0.05) is 72.3 Å². The summed E-state index contributed by atoms with van der Waals surface area (Å²) in [6.45, 7) is 2.11. The molecule has 0 unspecified atom stereocenters. The molecule has 0 amide bonds. The minimum atomic E-state index is 0.493. The molecular formula is C39H28N4O. The molecule has 0 saturated heterocycles. The second-order valence-electron chi connectivity index (χ2n) is 10.9. The fourth-order valence-electron chi connectivity index (χ4n) is 5.88. The number of benzene rings is 6. The number of para-hydroxylation sites is 2. The number of aromatic nitrogens is 3. The maximum absolute atomic E-state index is 6.01. The Kier molecular flexibility index (Phi) is 6.27. The lowest BCUT2D eigenvalue weighted by atomic mass is 10.1. The molecule has 0 bridgehead atoms. The van der Waals surface area contributed by atoms with Crippen molar-refractivity contribution >= 4 is 38.9 Å². The van der Waals surface area contributed by atoms with Crippen molar-refractivity contribution in [2.45, 2.75) is 6.92 Å². The topological polar surface area (TPSA) is 47.1 Å². The lowest BCUT2D eigenvalue weighted by Crippen LogP contribution is -2.10. The van der Waals surface area contributed by atoms with Gasteiger partial charge in [0, 0.05) is 44.6 Å². The molecule has 8 aromatic rings. The van der Waals surface area contributed by atoms with Crippen molar-refractivity contribution in [3.05, 3.63) is 157 Å². The zero-order valence-corrected chi connectivity index (χ0v) is 24.1. The van der Waals surface area contributed by atoms with Gasteiger partial charge < -0.3 is 13.9 Å². The summed E-state index contributed by atoms with van der Waals surface area (Å²) in [5, 5.41) is 11.1. The fourth-order valence-corrected chi connectivity index (χ4v) is 5.88. The zero-order valence-electron chi connectivity index (χ0n) is 24.1. The van der Waals surface area contributed by atoms with Crippen LogP contribution in [0.4, 0.5) is 17.1 Å². The third kappa shape index (κ3) is 4.52. The van der Waals surface area contributed by atoms with Gasteiger partial charge in [0.2, 0.25) is 11.8 Å². The van der Waals surface area contributed by atoms with Gasteiger partial charge in [0.05, 0.1) is 11.0 Å². The van der Waals surface area contributed by atoms with Crippen LogP contribution in [0.15, 0.2) is 156 Å². The van der Waals surface area contributed by atoms with E-state index in [0.29, 0.717) is 11.8 Å². The van der Waals surface area contributed by atoms with Gasteiger partial charge in [-0.2, -0.15) is 0 Å². The molecule has 0 aliphatic carbocycles. The van der Waals surface area contributed by atoms with Gasteiger partial charge in [-0.15, -0.1) is 10.2 Å². The molecule has 210 valence electrons. The van der Waals surface area contributed by atoms with Crippen molar-refractivity contribution in [2.75, 3.05) is 4.90 Å². The molecule has 0 aliphatic heterocycles. The van der Waals surface area contributed by atoms with Gasteiger partial charge >= 0.3 is 0 Å². The van der Waals surface area contributed by atoms with E-state index in [0.717, 1.165) is 33.9 Å². The molecule has 0 spiro atoms. The molecule has 0 saturated carbocycles. The van der Waals surface area contributed by atoms with E-state index >= 15 is 0 Å². The standard InChI is InChI=1S/C39H28N4O/c1-27-15-19-30(20-16-27)42(31-21-17-29(18-22-31)39-41-40-38(44-39)28-9-3-2-4-10-28)32-23-25-33(26-24-32)43-36-13-7-5-11-34(36)35-12-6-8-14-37(35)43/h2-26H,1H3. The minimum absolute atomic E-state index is 0.493. The minimum Gasteiger partial charge on any atom is -0.416 e. The summed E-state index contributed by atoms with van der Waals surface area (Å²) in [6, 6.07) is 52.7. The molecule has 0 N–H and O–H groups in total. The van der Waals surface area contributed by atoms with Crippen molar-refractivity contribution in [1.82, 2.24) is 14.8 Å². The number of anilines is 3. The Hall–Kier alpha value is -5.94. The molecule has 2 heterocycles. The molecule has 6 aromatic carbocycles. The first kappa shape index (κ1) is 25.7. The van der Waals surface area contributed by atoms with Crippen molar-refractivity contribution in [1.29, 1.82) is 0 Å². The Morgan fingerprint density at radius 2 is 0.932 bits per heavy atom. The predicted molar refractivity (Wildman–Crippen MR) is 179 cm³/mol. The highest BCUT2D eigenvalue weighted by molar-refractivity contribution is 6.09. The molecule has 44 heavy (non-hydrogen) atoms. The van der Waals surface area contributed by atoms with E-state index in [1.54, 1.807) is 0 Å². The number of hydrogen-bond donors (Lipinski definition) is 0. The number of rotatable bonds is 6. The summed E-state index contributed by atoms with van der Waals surface area (Å²) >= 11 is 0. The smallest absolute Gasteiger partial charge is 0.248 e. The van der Waals surface area contributed by atoms with E-state index in [2.05, 4.69) is 136 Å². The SMILES string of the molecule is Cc1ccc(N(c2ccc(-c3nnc(-c4ccccc4)o3)cc2)c2ccc(-n3c4ccccc4c4ccccc43)cc2)cc1. The lowest BCUT2D eigenvalue weighted by molar-refractivity contribution is 0.584. The third-order valence-corrected chi connectivity index (χ3v) is 8.06. The van der Waals surface area contributed by atoms with Crippen LogP contribution in [0.5, 0.6) is 0 Å². The largest absolute Gasteiger partial charge is 0.416 e. The molecule has 0 aliphatic rings. The second-order valence-corrected chi connectivity index (χ2v) is 10.9. The van der Waals surface area contributed by atoms with E-state index in [1.165, 1.54) is 27.4 Å². The first-order valence-electron chi connectivity index (χ1n) is 14.7. The monoisotopic (exact) mass is 568 g/mol. The number of nitrogens with zero attached hydrogens (tertiary/aromatic N) is 4. The molecule has 0 fully saturated rings. The molecule has 0 radical (unpaired) electrons. The maximum Gasteiger partial charge on any atom is 0.248 e. The molecule has 5 nitrogen and oxygen atoms in total. The second kappa shape index (κ2) is 10.7. The van der Waals surface area contributed by atoms with E-state index in [1.807, 2.05) is 42.5 Å². The quantitative estimate of drug-likeness (QED) is 0.200. The van der Waals surface area contributed by atoms with Crippen LogP contribution in [0.1, 0.15) is 5.56 Å². The van der Waals surface area contributed by atoms with E-state index in [-0.39, 0.29) is 0 Å². The van der Waals surface area contributed by atoms with Crippen molar-refractivity contribution in [2.24, 2.45) is 0 Å². The van der Waals surface area contributed by atoms with Crippen LogP contribution in [0.3, 0.4) is 0 Å². The normalized spacial score (nSPS) is 11.3. The Morgan fingerprint density at radius 1 is 0.477 bits per heavy atom. The van der Waals surface area contributed by atoms with Crippen molar-refractivity contribution in [3.8, 4) is 28.6 Å². The number of fused-ring (bicyclic) bond motifs is 3. The predicted octanol–water partition coefficient (Wildman–Crippen LogP) is 10.3. The van der Waals surface area contributed by atoms with Gasteiger partial charge in [0.25, 0.3) is 0 Å². The van der Waals surface area contributed by atoms with Crippen LogP contribution < -0.4 is 4.90 Å². The molecule has 2 aromatic heterocycles. The highest BCUT2D eigenvalue weighted by atomic mass is 16.4. The summed E-state index contributed by atoms with van der Waals surface area (Å²) in [6.07, 6.45) is 0.